The number of primary sulfonamides is 1. The second-order valence-corrected chi connectivity index (χ2v) is 8.38. The molecule has 2 amide bonds. The lowest BCUT2D eigenvalue weighted by Crippen LogP contribution is -2.36. The molecule has 0 saturated carbocycles. The van der Waals surface area contributed by atoms with Crippen LogP contribution in [0.15, 0.2) is 47.4 Å². The molecular formula is C21H28N4O4S. The zero-order valence-corrected chi connectivity index (χ0v) is 18.3. The zero-order valence-electron chi connectivity index (χ0n) is 17.4. The van der Waals surface area contributed by atoms with Gasteiger partial charge in [-0.2, -0.15) is 0 Å². The topological polar surface area (TPSA) is 122 Å². The molecule has 0 atom stereocenters. The summed E-state index contributed by atoms with van der Waals surface area (Å²) >= 11 is 0. The molecule has 0 aromatic heterocycles. The maximum atomic E-state index is 12.2. The summed E-state index contributed by atoms with van der Waals surface area (Å²) in [6.07, 6.45) is 0.446. The molecule has 0 saturated heterocycles. The number of rotatable bonds is 8. The summed E-state index contributed by atoms with van der Waals surface area (Å²) in [5.41, 5.74) is 3.33. The van der Waals surface area contributed by atoms with Crippen LogP contribution in [0.2, 0.25) is 0 Å². The van der Waals surface area contributed by atoms with E-state index in [0.29, 0.717) is 12.1 Å². The number of hydrogen-bond acceptors (Lipinski definition) is 5. The maximum absolute atomic E-state index is 12.2. The van der Waals surface area contributed by atoms with Gasteiger partial charge >= 0.3 is 11.8 Å². The van der Waals surface area contributed by atoms with Crippen LogP contribution in [0.3, 0.4) is 0 Å². The number of benzene rings is 2. The highest BCUT2D eigenvalue weighted by Crippen LogP contribution is 2.22. The van der Waals surface area contributed by atoms with Gasteiger partial charge in [0.15, 0.2) is 0 Å². The van der Waals surface area contributed by atoms with Gasteiger partial charge < -0.3 is 15.5 Å². The van der Waals surface area contributed by atoms with Gasteiger partial charge in [-0.15, -0.1) is 0 Å². The molecule has 0 aliphatic carbocycles. The van der Waals surface area contributed by atoms with E-state index in [2.05, 4.69) is 29.4 Å². The quantitative estimate of drug-likeness (QED) is 0.549. The van der Waals surface area contributed by atoms with Crippen molar-refractivity contribution in [3.05, 3.63) is 53.6 Å². The van der Waals surface area contributed by atoms with Crippen molar-refractivity contribution in [3.8, 4) is 0 Å². The van der Waals surface area contributed by atoms with Crippen LogP contribution in [0.5, 0.6) is 0 Å². The molecule has 2 rings (SSSR count). The van der Waals surface area contributed by atoms with Crippen LogP contribution in [0, 0.1) is 6.92 Å². The summed E-state index contributed by atoms with van der Waals surface area (Å²) in [4.78, 5) is 26.5. The highest BCUT2D eigenvalue weighted by Gasteiger charge is 2.15. The first kappa shape index (κ1) is 23.4. The zero-order chi connectivity index (χ0) is 22.3. The molecule has 0 aliphatic heterocycles. The van der Waals surface area contributed by atoms with Gasteiger partial charge in [0.05, 0.1) is 4.90 Å². The Morgan fingerprint density at radius 3 is 2.17 bits per heavy atom. The number of sulfonamides is 1. The van der Waals surface area contributed by atoms with E-state index >= 15 is 0 Å². The fraction of sp³-hybridized carbons (Fsp3) is 0.333. The number of aryl methyl sites for hydroxylation is 1. The van der Waals surface area contributed by atoms with Crippen LogP contribution in [0.25, 0.3) is 0 Å². The number of hydrogen-bond donors (Lipinski definition) is 3. The number of nitrogens with zero attached hydrogens (tertiary/aromatic N) is 1. The predicted octanol–water partition coefficient (Wildman–Crippen LogP) is 1.79. The second kappa shape index (κ2) is 10.2. The summed E-state index contributed by atoms with van der Waals surface area (Å²) in [6, 6.07) is 11.7. The molecule has 2 aromatic carbocycles. The van der Waals surface area contributed by atoms with Crippen molar-refractivity contribution in [3.63, 3.8) is 0 Å². The summed E-state index contributed by atoms with van der Waals surface area (Å²) in [6.45, 7) is 8.04. The lowest BCUT2D eigenvalue weighted by molar-refractivity contribution is -0.136. The molecule has 4 N–H and O–H groups in total. The van der Waals surface area contributed by atoms with E-state index in [1.165, 1.54) is 12.1 Å². The van der Waals surface area contributed by atoms with Gasteiger partial charge in [-0.3, -0.25) is 9.59 Å². The lowest BCUT2D eigenvalue weighted by atomic mass is 10.1. The van der Waals surface area contributed by atoms with Crippen molar-refractivity contribution in [1.82, 2.24) is 5.32 Å². The highest BCUT2D eigenvalue weighted by atomic mass is 32.2. The third kappa shape index (κ3) is 6.30. The Morgan fingerprint density at radius 2 is 1.63 bits per heavy atom. The largest absolute Gasteiger partial charge is 0.372 e. The van der Waals surface area contributed by atoms with Gasteiger partial charge in [0.2, 0.25) is 10.0 Å². The Hall–Kier alpha value is -2.91. The Kier molecular flexibility index (Phi) is 7.96. The minimum atomic E-state index is -3.73. The van der Waals surface area contributed by atoms with Gasteiger partial charge in [0.1, 0.15) is 0 Å². The Labute approximate surface area is 177 Å². The summed E-state index contributed by atoms with van der Waals surface area (Å²) in [5.74, 6) is -1.47. The monoisotopic (exact) mass is 432 g/mol. The molecule has 9 heteroatoms. The maximum Gasteiger partial charge on any atom is 0.313 e. The van der Waals surface area contributed by atoms with Gasteiger partial charge in [0.25, 0.3) is 0 Å². The summed E-state index contributed by atoms with van der Waals surface area (Å²) < 4.78 is 22.5. The first-order chi connectivity index (χ1) is 14.2. The third-order valence-electron chi connectivity index (χ3n) is 4.74. The van der Waals surface area contributed by atoms with Crippen molar-refractivity contribution in [2.75, 3.05) is 29.9 Å². The van der Waals surface area contributed by atoms with Gasteiger partial charge in [-0.05, 0) is 68.7 Å². The Morgan fingerprint density at radius 1 is 1.00 bits per heavy atom. The van der Waals surface area contributed by atoms with Crippen LogP contribution < -0.4 is 20.7 Å². The van der Waals surface area contributed by atoms with E-state index in [4.69, 9.17) is 5.14 Å². The fourth-order valence-electron chi connectivity index (χ4n) is 3.00. The first-order valence-electron chi connectivity index (χ1n) is 9.72. The molecule has 30 heavy (non-hydrogen) atoms. The van der Waals surface area contributed by atoms with Crippen LogP contribution in [0.4, 0.5) is 11.4 Å². The Bertz CT molecular complexity index is 1000. The summed E-state index contributed by atoms with van der Waals surface area (Å²) in [7, 11) is -3.73. The van der Waals surface area contributed by atoms with Crippen molar-refractivity contribution in [2.24, 2.45) is 5.14 Å². The minimum Gasteiger partial charge on any atom is -0.372 e. The van der Waals surface area contributed by atoms with Crippen LogP contribution in [-0.4, -0.2) is 39.9 Å². The smallest absolute Gasteiger partial charge is 0.313 e. The van der Waals surface area contributed by atoms with Crippen molar-refractivity contribution in [2.45, 2.75) is 32.1 Å². The highest BCUT2D eigenvalue weighted by molar-refractivity contribution is 7.89. The van der Waals surface area contributed by atoms with Crippen molar-refractivity contribution >= 4 is 33.2 Å². The third-order valence-corrected chi connectivity index (χ3v) is 5.67. The lowest BCUT2D eigenvalue weighted by Gasteiger charge is -2.22. The molecule has 8 nitrogen and oxygen atoms in total. The molecule has 0 fully saturated rings. The Balaban J connectivity index is 1.88. The van der Waals surface area contributed by atoms with Crippen molar-refractivity contribution in [1.29, 1.82) is 0 Å². The number of anilines is 2. The van der Waals surface area contributed by atoms with Gasteiger partial charge in [-0.1, -0.05) is 12.1 Å². The normalized spacial score (nSPS) is 11.1. The van der Waals surface area contributed by atoms with Crippen LogP contribution in [-0.2, 0) is 26.0 Å². The number of nitrogens with two attached hydrogens (primary N) is 1. The van der Waals surface area contributed by atoms with E-state index in [1.807, 2.05) is 19.1 Å². The van der Waals surface area contributed by atoms with Gasteiger partial charge in [0, 0.05) is 31.0 Å². The standard InChI is InChI=1S/C21H28N4O4S/c1-4-25(5-2)17-8-11-19(15(3)14-17)24-21(27)20(26)23-13-12-16-6-9-18(10-7-16)30(22,28)29/h6-11,14H,4-5,12-13H2,1-3H3,(H,23,26)(H,24,27)(H2,22,28,29). The molecule has 0 unspecified atom stereocenters. The predicted molar refractivity (Wildman–Crippen MR) is 118 cm³/mol. The molecule has 0 radical (unpaired) electrons. The molecule has 0 spiro atoms. The van der Waals surface area contributed by atoms with Crippen LogP contribution in [0.1, 0.15) is 25.0 Å². The first-order valence-corrected chi connectivity index (χ1v) is 11.3. The van der Waals surface area contributed by atoms with E-state index < -0.39 is 21.8 Å². The number of amides is 2. The van der Waals surface area contributed by atoms with Crippen molar-refractivity contribution < 1.29 is 18.0 Å². The molecule has 0 bridgehead atoms. The van der Waals surface area contributed by atoms with E-state index in [-0.39, 0.29) is 11.4 Å². The second-order valence-electron chi connectivity index (χ2n) is 6.82. The minimum absolute atomic E-state index is 0.0250. The van der Waals surface area contributed by atoms with E-state index in [1.54, 1.807) is 18.2 Å². The number of carbonyl (C=O) groups is 2. The number of nitrogens with one attached hydrogen (secondary N) is 2. The fourth-order valence-corrected chi connectivity index (χ4v) is 3.51. The summed E-state index contributed by atoms with van der Waals surface area (Å²) in [5, 5.41) is 10.3. The van der Waals surface area contributed by atoms with Gasteiger partial charge in [-0.25, -0.2) is 13.6 Å². The molecule has 2 aromatic rings. The van der Waals surface area contributed by atoms with E-state index in [9.17, 15) is 18.0 Å². The van der Waals surface area contributed by atoms with E-state index in [0.717, 1.165) is 29.9 Å². The SMILES string of the molecule is CCN(CC)c1ccc(NC(=O)C(=O)NCCc2ccc(S(N)(=O)=O)cc2)c(C)c1. The average Bonchev–Trinajstić information content (AvgIpc) is 2.70. The molecular weight excluding hydrogens is 404 g/mol. The molecule has 162 valence electrons. The molecule has 0 heterocycles. The average molecular weight is 433 g/mol. The number of carbonyl (C=O) groups excluding carboxylic acids is 2. The van der Waals surface area contributed by atoms with Crippen LogP contribution >= 0.6 is 0 Å². The molecule has 0 aliphatic rings.